The minimum Gasteiger partial charge on any atom is -0.507 e. The van der Waals surface area contributed by atoms with Crippen molar-refractivity contribution >= 4 is 23.1 Å². The number of hydrogen-bond donors (Lipinski definition) is 3. The second-order valence-electron chi connectivity index (χ2n) is 3.88. The molecule has 18 heavy (non-hydrogen) atoms. The molecule has 0 spiro atoms. The van der Waals surface area contributed by atoms with E-state index < -0.39 is 17.8 Å². The molecule has 0 radical (unpaired) electrons. The van der Waals surface area contributed by atoms with Gasteiger partial charge in [0, 0.05) is 0 Å². The number of halogens is 1. The van der Waals surface area contributed by atoms with Crippen molar-refractivity contribution in [1.82, 2.24) is 5.32 Å². The van der Waals surface area contributed by atoms with E-state index in [0.29, 0.717) is 6.42 Å². The van der Waals surface area contributed by atoms with Gasteiger partial charge >= 0.3 is 0 Å². The molecule has 0 aliphatic carbocycles. The Hall–Kier alpha value is -1.69. The zero-order valence-corrected chi connectivity index (χ0v) is 10.8. The first-order chi connectivity index (χ1) is 8.45. The summed E-state index contributed by atoms with van der Waals surface area (Å²) < 4.78 is 13.0. The predicted molar refractivity (Wildman–Crippen MR) is 71.0 cm³/mol. The summed E-state index contributed by atoms with van der Waals surface area (Å²) in [7, 11) is 0. The van der Waals surface area contributed by atoms with E-state index in [1.165, 1.54) is 0 Å². The Balaban J connectivity index is 2.86. The van der Waals surface area contributed by atoms with Gasteiger partial charge in [-0.15, -0.1) is 0 Å². The fourth-order valence-corrected chi connectivity index (χ4v) is 1.68. The maximum absolute atomic E-state index is 13.0. The van der Waals surface area contributed by atoms with Gasteiger partial charge in [0.2, 0.25) is 0 Å². The van der Waals surface area contributed by atoms with Crippen LogP contribution in [0.1, 0.15) is 30.1 Å². The van der Waals surface area contributed by atoms with Crippen LogP contribution in [0.4, 0.5) is 4.39 Å². The SMILES string of the molecule is CCCC(NC(=O)c1cc(F)ccc1O)C(N)=S. The number of thiocarbonyl (C=S) groups is 1. The van der Waals surface area contributed by atoms with E-state index in [2.05, 4.69) is 5.32 Å². The molecular weight excluding hydrogens is 255 g/mol. The molecule has 4 nitrogen and oxygen atoms in total. The van der Waals surface area contributed by atoms with Crippen molar-refractivity contribution in [3.8, 4) is 5.75 Å². The quantitative estimate of drug-likeness (QED) is 0.712. The zero-order valence-electron chi connectivity index (χ0n) is 9.94. The first-order valence-electron chi connectivity index (χ1n) is 5.54. The third-order valence-corrected chi connectivity index (χ3v) is 2.71. The standard InChI is InChI=1S/C12H15FN2O2S/c1-2-3-9(11(14)18)15-12(17)8-6-7(13)4-5-10(8)16/h4-6,9,16H,2-3H2,1H3,(H2,14,18)(H,15,17). The third-order valence-electron chi connectivity index (χ3n) is 2.43. The molecule has 98 valence electrons. The second kappa shape index (κ2) is 6.30. The van der Waals surface area contributed by atoms with Crippen LogP contribution >= 0.6 is 12.2 Å². The summed E-state index contributed by atoms with van der Waals surface area (Å²) in [6.07, 6.45) is 1.38. The molecule has 0 heterocycles. The van der Waals surface area contributed by atoms with Crippen LogP contribution in [0.15, 0.2) is 18.2 Å². The van der Waals surface area contributed by atoms with Crippen LogP contribution in [-0.4, -0.2) is 22.0 Å². The van der Waals surface area contributed by atoms with Gasteiger partial charge in [0.15, 0.2) is 0 Å². The van der Waals surface area contributed by atoms with E-state index in [0.717, 1.165) is 24.6 Å². The minimum absolute atomic E-state index is 0.132. The van der Waals surface area contributed by atoms with Gasteiger partial charge in [-0.1, -0.05) is 25.6 Å². The molecular formula is C12H15FN2O2S. The van der Waals surface area contributed by atoms with Crippen molar-refractivity contribution in [3.05, 3.63) is 29.6 Å². The average Bonchev–Trinajstić information content (AvgIpc) is 2.31. The molecule has 1 aromatic carbocycles. The summed E-state index contributed by atoms with van der Waals surface area (Å²) in [5, 5.41) is 12.1. The monoisotopic (exact) mass is 270 g/mol. The van der Waals surface area contributed by atoms with Crippen molar-refractivity contribution in [2.75, 3.05) is 0 Å². The van der Waals surface area contributed by atoms with Crippen molar-refractivity contribution in [1.29, 1.82) is 0 Å². The molecule has 0 saturated heterocycles. The Morgan fingerprint density at radius 3 is 2.83 bits per heavy atom. The second-order valence-corrected chi connectivity index (χ2v) is 4.35. The van der Waals surface area contributed by atoms with Gasteiger partial charge in [-0.2, -0.15) is 0 Å². The lowest BCUT2D eigenvalue weighted by atomic mass is 10.1. The van der Waals surface area contributed by atoms with Crippen molar-refractivity contribution < 1.29 is 14.3 Å². The summed E-state index contributed by atoms with van der Waals surface area (Å²) in [6.45, 7) is 1.93. The topological polar surface area (TPSA) is 75.3 Å². The summed E-state index contributed by atoms with van der Waals surface area (Å²) in [6, 6.07) is 2.70. The molecule has 0 fully saturated rings. The van der Waals surface area contributed by atoms with Crippen LogP contribution in [0.25, 0.3) is 0 Å². The molecule has 1 rings (SSSR count). The molecule has 0 aromatic heterocycles. The molecule has 4 N–H and O–H groups in total. The number of aromatic hydroxyl groups is 1. The van der Waals surface area contributed by atoms with Gasteiger partial charge in [-0.25, -0.2) is 4.39 Å². The van der Waals surface area contributed by atoms with E-state index >= 15 is 0 Å². The molecule has 0 saturated carbocycles. The van der Waals surface area contributed by atoms with Crippen LogP contribution in [0, 0.1) is 5.82 Å². The number of phenolic OH excluding ortho intramolecular Hbond substituents is 1. The maximum atomic E-state index is 13.0. The highest BCUT2D eigenvalue weighted by Crippen LogP contribution is 2.18. The van der Waals surface area contributed by atoms with Gasteiger partial charge in [-0.05, 0) is 24.6 Å². The van der Waals surface area contributed by atoms with Crippen LogP contribution in [0.3, 0.4) is 0 Å². The van der Waals surface area contributed by atoms with Crippen molar-refractivity contribution in [2.45, 2.75) is 25.8 Å². The number of carbonyl (C=O) groups excluding carboxylic acids is 1. The number of nitrogens with two attached hydrogens (primary N) is 1. The average molecular weight is 270 g/mol. The lowest BCUT2D eigenvalue weighted by Crippen LogP contribution is -2.43. The smallest absolute Gasteiger partial charge is 0.255 e. The minimum atomic E-state index is -0.599. The number of amides is 1. The number of nitrogens with one attached hydrogen (secondary N) is 1. The van der Waals surface area contributed by atoms with E-state index in [-0.39, 0.29) is 16.3 Å². The highest BCUT2D eigenvalue weighted by molar-refractivity contribution is 7.80. The van der Waals surface area contributed by atoms with Gasteiger partial charge in [0.25, 0.3) is 5.91 Å². The Bertz CT molecular complexity index is 465. The molecule has 1 aromatic rings. The van der Waals surface area contributed by atoms with Crippen LogP contribution in [-0.2, 0) is 0 Å². The number of benzene rings is 1. The Labute approximate surface area is 110 Å². The number of phenols is 1. The van der Waals surface area contributed by atoms with Gasteiger partial charge in [0.05, 0.1) is 16.6 Å². The molecule has 0 aliphatic rings. The van der Waals surface area contributed by atoms with E-state index in [1.807, 2.05) is 6.92 Å². The van der Waals surface area contributed by atoms with Crippen LogP contribution in [0.2, 0.25) is 0 Å². The third kappa shape index (κ3) is 3.66. The summed E-state index contributed by atoms with van der Waals surface area (Å²) in [4.78, 5) is 12.0. The Morgan fingerprint density at radius 1 is 1.61 bits per heavy atom. The van der Waals surface area contributed by atoms with E-state index in [9.17, 15) is 14.3 Å². The highest BCUT2D eigenvalue weighted by atomic mass is 32.1. The lowest BCUT2D eigenvalue weighted by Gasteiger charge is -2.17. The largest absolute Gasteiger partial charge is 0.507 e. The Kier molecular flexibility index (Phi) is 5.03. The first-order valence-corrected chi connectivity index (χ1v) is 5.95. The molecule has 0 bridgehead atoms. The van der Waals surface area contributed by atoms with Gasteiger partial charge in [0.1, 0.15) is 11.6 Å². The maximum Gasteiger partial charge on any atom is 0.255 e. The van der Waals surface area contributed by atoms with Crippen LogP contribution in [0.5, 0.6) is 5.75 Å². The van der Waals surface area contributed by atoms with Gasteiger partial charge in [-0.3, -0.25) is 4.79 Å². The van der Waals surface area contributed by atoms with E-state index in [1.54, 1.807) is 0 Å². The van der Waals surface area contributed by atoms with Gasteiger partial charge < -0.3 is 16.2 Å². The zero-order chi connectivity index (χ0) is 13.7. The fourth-order valence-electron chi connectivity index (χ4n) is 1.50. The number of hydrogen-bond acceptors (Lipinski definition) is 3. The summed E-state index contributed by atoms with van der Waals surface area (Å²) in [5.74, 6) is -1.48. The summed E-state index contributed by atoms with van der Waals surface area (Å²) >= 11 is 4.84. The lowest BCUT2D eigenvalue weighted by molar-refractivity contribution is 0.0942. The van der Waals surface area contributed by atoms with Crippen molar-refractivity contribution in [3.63, 3.8) is 0 Å². The number of rotatable bonds is 5. The van der Waals surface area contributed by atoms with Crippen molar-refractivity contribution in [2.24, 2.45) is 5.73 Å². The number of carbonyl (C=O) groups is 1. The molecule has 0 aliphatic heterocycles. The summed E-state index contributed by atoms with van der Waals surface area (Å²) in [5.41, 5.74) is 5.37. The molecule has 1 atom stereocenters. The fraction of sp³-hybridized carbons (Fsp3) is 0.333. The van der Waals surface area contributed by atoms with Crippen LogP contribution < -0.4 is 11.1 Å². The predicted octanol–water partition coefficient (Wildman–Crippen LogP) is 1.72. The van der Waals surface area contributed by atoms with E-state index in [4.69, 9.17) is 18.0 Å². The molecule has 1 amide bonds. The molecule has 1 unspecified atom stereocenters. The molecule has 6 heteroatoms. The Morgan fingerprint density at radius 2 is 2.28 bits per heavy atom. The first kappa shape index (κ1) is 14.4. The normalized spacial score (nSPS) is 11.9. The highest BCUT2D eigenvalue weighted by Gasteiger charge is 2.18.